The number of nitrogens with zero attached hydrogens (tertiary/aromatic N) is 1. The number of thiazole rings is 1. The van der Waals surface area contributed by atoms with Crippen molar-refractivity contribution >= 4 is 28.1 Å². The molecule has 0 fully saturated rings. The van der Waals surface area contributed by atoms with Gasteiger partial charge in [0, 0.05) is 23.1 Å². The zero-order valence-electron chi connectivity index (χ0n) is 15.0. The van der Waals surface area contributed by atoms with Gasteiger partial charge in [0.05, 0.1) is 19.4 Å². The lowest BCUT2D eigenvalue weighted by Gasteiger charge is -2.07. The first-order valence-electron chi connectivity index (χ1n) is 8.52. The number of nitrogen functional groups attached to an aromatic ring is 1. The van der Waals surface area contributed by atoms with E-state index in [1.807, 2.05) is 53.9 Å². The molecule has 0 unspecified atom stereocenters. The molecule has 2 aromatic carbocycles. The maximum absolute atomic E-state index is 12.1. The Kier molecular flexibility index (Phi) is 6.27. The lowest BCUT2D eigenvalue weighted by atomic mass is 10.1. The second kappa shape index (κ2) is 9.05. The van der Waals surface area contributed by atoms with Gasteiger partial charge in [0.15, 0.2) is 5.13 Å². The Balaban J connectivity index is 1.43. The summed E-state index contributed by atoms with van der Waals surface area (Å²) in [6.07, 6.45) is 0.981. The molecule has 0 aliphatic heterocycles. The van der Waals surface area contributed by atoms with Crippen LogP contribution in [0.4, 0.5) is 10.8 Å². The van der Waals surface area contributed by atoms with Gasteiger partial charge in [-0.3, -0.25) is 4.79 Å². The molecular formula is C20H21N3O3S. The molecule has 1 amide bonds. The van der Waals surface area contributed by atoms with E-state index in [1.54, 1.807) is 7.11 Å². The predicted molar refractivity (Wildman–Crippen MR) is 108 cm³/mol. The number of aromatic nitrogens is 1. The lowest BCUT2D eigenvalue weighted by molar-refractivity contribution is -0.116. The highest BCUT2D eigenvalue weighted by Gasteiger charge is 2.08. The summed E-state index contributed by atoms with van der Waals surface area (Å²) in [5, 5.41) is 5.30. The zero-order valence-corrected chi connectivity index (χ0v) is 15.8. The zero-order chi connectivity index (χ0) is 19.1. The highest BCUT2D eigenvalue weighted by atomic mass is 32.1. The van der Waals surface area contributed by atoms with E-state index in [-0.39, 0.29) is 5.91 Å². The van der Waals surface area contributed by atoms with Crippen molar-refractivity contribution in [3.05, 3.63) is 53.9 Å². The molecular weight excluding hydrogens is 362 g/mol. The number of rotatable bonds is 8. The molecule has 3 N–H and O–H groups in total. The van der Waals surface area contributed by atoms with Crippen molar-refractivity contribution < 1.29 is 14.3 Å². The Morgan fingerprint density at radius 1 is 1.19 bits per heavy atom. The topological polar surface area (TPSA) is 86.5 Å². The third-order valence-corrected chi connectivity index (χ3v) is 4.57. The quantitative estimate of drug-likeness (QED) is 0.450. The number of hydrogen-bond acceptors (Lipinski definition) is 6. The van der Waals surface area contributed by atoms with Gasteiger partial charge < -0.3 is 20.5 Å². The van der Waals surface area contributed by atoms with Crippen molar-refractivity contribution in [3.8, 4) is 22.8 Å². The predicted octanol–water partition coefficient (Wildman–Crippen LogP) is 4.20. The van der Waals surface area contributed by atoms with Crippen LogP contribution in [0, 0.1) is 0 Å². The Hall–Kier alpha value is -3.06. The summed E-state index contributed by atoms with van der Waals surface area (Å²) in [4.78, 5) is 16.5. The molecule has 0 atom stereocenters. The first kappa shape index (κ1) is 18.7. The van der Waals surface area contributed by atoms with Crippen LogP contribution < -0.4 is 20.5 Å². The number of benzene rings is 2. The molecule has 0 aliphatic rings. The second-order valence-corrected chi connectivity index (χ2v) is 6.70. The number of ether oxygens (including phenoxy) is 2. The van der Waals surface area contributed by atoms with Crippen molar-refractivity contribution in [1.82, 2.24) is 4.98 Å². The third kappa shape index (κ3) is 5.46. The average Bonchev–Trinajstić information content (AvgIpc) is 3.14. The SMILES string of the molecule is COc1ccc(OCCCC(=O)Nc2nc(-c3cccc(N)c3)cs2)cc1. The summed E-state index contributed by atoms with van der Waals surface area (Å²) in [5.74, 6) is 1.45. The summed E-state index contributed by atoms with van der Waals surface area (Å²) < 4.78 is 10.7. The standard InChI is InChI=1S/C20H21N3O3S/c1-25-16-7-9-17(10-8-16)26-11-3-6-19(24)23-20-22-18(13-27-20)14-4-2-5-15(21)12-14/h2,4-5,7-10,12-13H,3,6,11,21H2,1H3,(H,22,23,24). The van der Waals surface area contributed by atoms with Crippen molar-refractivity contribution in [3.63, 3.8) is 0 Å². The monoisotopic (exact) mass is 383 g/mol. The molecule has 0 spiro atoms. The van der Waals surface area contributed by atoms with Gasteiger partial charge in [-0.15, -0.1) is 11.3 Å². The van der Waals surface area contributed by atoms with Gasteiger partial charge in [-0.25, -0.2) is 4.98 Å². The molecule has 27 heavy (non-hydrogen) atoms. The van der Waals surface area contributed by atoms with Gasteiger partial charge in [-0.2, -0.15) is 0 Å². The largest absolute Gasteiger partial charge is 0.497 e. The lowest BCUT2D eigenvalue weighted by Crippen LogP contribution is -2.12. The van der Waals surface area contributed by atoms with Crippen LogP contribution in [0.15, 0.2) is 53.9 Å². The van der Waals surface area contributed by atoms with Crippen LogP contribution in [0.2, 0.25) is 0 Å². The van der Waals surface area contributed by atoms with Crippen LogP contribution in [0.25, 0.3) is 11.3 Å². The van der Waals surface area contributed by atoms with Gasteiger partial charge in [-0.05, 0) is 42.8 Å². The molecule has 3 rings (SSSR count). The molecule has 0 radical (unpaired) electrons. The minimum absolute atomic E-state index is 0.0817. The van der Waals surface area contributed by atoms with Crippen LogP contribution in [0.3, 0.4) is 0 Å². The minimum atomic E-state index is -0.0817. The van der Waals surface area contributed by atoms with E-state index in [4.69, 9.17) is 15.2 Å². The summed E-state index contributed by atoms with van der Waals surface area (Å²) in [6.45, 7) is 0.464. The van der Waals surface area contributed by atoms with E-state index in [9.17, 15) is 4.79 Å². The Bertz CT molecular complexity index is 893. The van der Waals surface area contributed by atoms with Gasteiger partial charge >= 0.3 is 0 Å². The maximum Gasteiger partial charge on any atom is 0.226 e. The van der Waals surface area contributed by atoms with Gasteiger partial charge in [0.2, 0.25) is 5.91 Å². The van der Waals surface area contributed by atoms with E-state index in [1.165, 1.54) is 11.3 Å². The first-order chi connectivity index (χ1) is 13.1. The molecule has 6 nitrogen and oxygen atoms in total. The summed E-state index contributed by atoms with van der Waals surface area (Å²) in [6, 6.07) is 14.9. The van der Waals surface area contributed by atoms with Crippen molar-refractivity contribution in [2.24, 2.45) is 0 Å². The second-order valence-electron chi connectivity index (χ2n) is 5.84. The molecule has 3 aromatic rings. The molecule has 0 saturated carbocycles. The van der Waals surface area contributed by atoms with Crippen molar-refractivity contribution in [1.29, 1.82) is 0 Å². The number of hydrogen-bond donors (Lipinski definition) is 2. The number of anilines is 2. The highest BCUT2D eigenvalue weighted by Crippen LogP contribution is 2.26. The fourth-order valence-electron chi connectivity index (χ4n) is 2.44. The minimum Gasteiger partial charge on any atom is -0.497 e. The summed E-state index contributed by atoms with van der Waals surface area (Å²) >= 11 is 1.39. The van der Waals surface area contributed by atoms with Crippen LogP contribution in [-0.2, 0) is 4.79 Å². The molecule has 0 saturated heterocycles. The molecule has 0 aliphatic carbocycles. The summed E-state index contributed by atoms with van der Waals surface area (Å²) in [5.41, 5.74) is 8.21. The van der Waals surface area contributed by atoms with E-state index in [0.29, 0.717) is 30.3 Å². The normalized spacial score (nSPS) is 10.4. The van der Waals surface area contributed by atoms with E-state index in [2.05, 4.69) is 10.3 Å². The number of methoxy groups -OCH3 is 1. The van der Waals surface area contributed by atoms with Gasteiger partial charge in [0.25, 0.3) is 0 Å². The Morgan fingerprint density at radius 2 is 1.96 bits per heavy atom. The highest BCUT2D eigenvalue weighted by molar-refractivity contribution is 7.14. The van der Waals surface area contributed by atoms with E-state index in [0.717, 1.165) is 22.8 Å². The van der Waals surface area contributed by atoms with Gasteiger partial charge in [0.1, 0.15) is 11.5 Å². The smallest absolute Gasteiger partial charge is 0.226 e. The van der Waals surface area contributed by atoms with Crippen molar-refractivity contribution in [2.75, 3.05) is 24.8 Å². The number of carbonyl (C=O) groups is 1. The first-order valence-corrected chi connectivity index (χ1v) is 9.40. The number of nitrogens with one attached hydrogen (secondary N) is 1. The molecule has 0 bridgehead atoms. The van der Waals surface area contributed by atoms with Gasteiger partial charge in [-0.1, -0.05) is 12.1 Å². The third-order valence-electron chi connectivity index (χ3n) is 3.81. The maximum atomic E-state index is 12.1. The number of amides is 1. The van der Waals surface area contributed by atoms with E-state index < -0.39 is 0 Å². The van der Waals surface area contributed by atoms with Crippen LogP contribution in [-0.4, -0.2) is 24.6 Å². The fraction of sp³-hybridized carbons (Fsp3) is 0.200. The van der Waals surface area contributed by atoms with E-state index >= 15 is 0 Å². The molecule has 7 heteroatoms. The van der Waals surface area contributed by atoms with Crippen molar-refractivity contribution in [2.45, 2.75) is 12.8 Å². The Labute approximate surface area is 162 Å². The van der Waals surface area contributed by atoms with Crippen LogP contribution in [0.1, 0.15) is 12.8 Å². The van der Waals surface area contributed by atoms with Crippen LogP contribution >= 0.6 is 11.3 Å². The Morgan fingerprint density at radius 3 is 2.70 bits per heavy atom. The fourth-order valence-corrected chi connectivity index (χ4v) is 3.17. The molecule has 1 heterocycles. The molecule has 140 valence electrons. The molecule has 1 aromatic heterocycles. The van der Waals surface area contributed by atoms with Crippen LogP contribution in [0.5, 0.6) is 11.5 Å². The number of nitrogens with two attached hydrogens (primary N) is 1. The average molecular weight is 383 g/mol. The summed E-state index contributed by atoms with van der Waals surface area (Å²) in [7, 11) is 1.62. The number of carbonyl (C=O) groups excluding carboxylic acids is 1.